The van der Waals surface area contributed by atoms with Crippen LogP contribution in [0.5, 0.6) is 5.75 Å². The quantitative estimate of drug-likeness (QED) is 0.212. The number of benzene rings is 1. The van der Waals surface area contributed by atoms with Crippen molar-refractivity contribution in [1.29, 1.82) is 0 Å². The first kappa shape index (κ1) is 24.0. The third kappa shape index (κ3) is 10.9. The lowest BCUT2D eigenvalue weighted by molar-refractivity contribution is 0.289. The van der Waals surface area contributed by atoms with Crippen LogP contribution in [0.2, 0.25) is 0 Å². The fourth-order valence-corrected chi connectivity index (χ4v) is 4.54. The minimum absolute atomic E-state index is 0.838. The van der Waals surface area contributed by atoms with Gasteiger partial charge in [0.1, 0.15) is 5.75 Å². The topological polar surface area (TPSA) is 9.23 Å². The van der Waals surface area contributed by atoms with Gasteiger partial charge < -0.3 is 4.74 Å². The molecular weight excluding hydrogens is 352 g/mol. The Kier molecular flexibility index (Phi) is 12.9. The van der Waals surface area contributed by atoms with Crippen molar-refractivity contribution in [3.8, 4) is 5.75 Å². The molecule has 29 heavy (non-hydrogen) atoms. The Morgan fingerprint density at radius 2 is 1.52 bits per heavy atom. The average molecular weight is 399 g/mol. The minimum atomic E-state index is 0.838. The van der Waals surface area contributed by atoms with Crippen LogP contribution >= 0.6 is 0 Å². The second kappa shape index (κ2) is 15.6. The van der Waals surface area contributed by atoms with Crippen molar-refractivity contribution in [3.63, 3.8) is 0 Å². The van der Waals surface area contributed by atoms with Crippen molar-refractivity contribution in [2.75, 3.05) is 6.61 Å². The molecule has 0 aliphatic heterocycles. The molecule has 0 spiro atoms. The first-order valence-electron chi connectivity index (χ1n) is 12.7. The van der Waals surface area contributed by atoms with E-state index in [0.717, 1.165) is 37.0 Å². The second-order valence-corrected chi connectivity index (χ2v) is 9.15. The summed E-state index contributed by atoms with van der Waals surface area (Å²) in [5, 5.41) is 0. The molecule has 0 amide bonds. The molecular formula is C28H46O. The van der Waals surface area contributed by atoms with E-state index in [0.29, 0.717) is 0 Å². The molecule has 1 aliphatic rings. The SMILES string of the molecule is CCCCCCCOc1ccc(CC/C=C/C2CCC(CCCCC)CC2)cc1. The summed E-state index contributed by atoms with van der Waals surface area (Å²) in [5.74, 6) is 2.88. The van der Waals surface area contributed by atoms with Gasteiger partial charge >= 0.3 is 0 Å². The Balaban J connectivity index is 1.55. The zero-order chi connectivity index (χ0) is 20.6. The van der Waals surface area contributed by atoms with Crippen LogP contribution in [0.25, 0.3) is 0 Å². The molecule has 0 bridgehead atoms. The van der Waals surface area contributed by atoms with Crippen LogP contribution in [-0.4, -0.2) is 6.61 Å². The lowest BCUT2D eigenvalue weighted by atomic mass is 9.79. The second-order valence-electron chi connectivity index (χ2n) is 9.15. The molecule has 1 saturated carbocycles. The zero-order valence-corrected chi connectivity index (χ0v) is 19.3. The van der Waals surface area contributed by atoms with Gasteiger partial charge in [-0.1, -0.05) is 89.5 Å². The maximum Gasteiger partial charge on any atom is 0.119 e. The summed E-state index contributed by atoms with van der Waals surface area (Å²) in [6.45, 7) is 5.42. The van der Waals surface area contributed by atoms with Crippen molar-refractivity contribution in [2.24, 2.45) is 11.8 Å². The van der Waals surface area contributed by atoms with Gasteiger partial charge in [-0.05, 0) is 74.5 Å². The Morgan fingerprint density at radius 1 is 0.828 bits per heavy atom. The number of hydrogen-bond donors (Lipinski definition) is 0. The first-order valence-corrected chi connectivity index (χ1v) is 12.7. The number of rotatable bonds is 15. The zero-order valence-electron chi connectivity index (χ0n) is 19.3. The summed E-state index contributed by atoms with van der Waals surface area (Å²) in [4.78, 5) is 0. The molecule has 0 N–H and O–H groups in total. The van der Waals surface area contributed by atoms with E-state index >= 15 is 0 Å². The van der Waals surface area contributed by atoms with Gasteiger partial charge in [-0.3, -0.25) is 0 Å². The summed E-state index contributed by atoms with van der Waals surface area (Å²) < 4.78 is 5.87. The predicted octanol–water partition coefficient (Wildman–Crippen LogP) is 8.91. The number of allylic oxidation sites excluding steroid dienone is 2. The van der Waals surface area contributed by atoms with Gasteiger partial charge in [-0.2, -0.15) is 0 Å². The first-order chi connectivity index (χ1) is 14.3. The molecule has 2 rings (SSSR count). The van der Waals surface area contributed by atoms with E-state index in [1.165, 1.54) is 89.0 Å². The highest BCUT2D eigenvalue weighted by atomic mass is 16.5. The van der Waals surface area contributed by atoms with Gasteiger partial charge in [0.2, 0.25) is 0 Å². The van der Waals surface area contributed by atoms with Gasteiger partial charge in [0.25, 0.3) is 0 Å². The largest absolute Gasteiger partial charge is 0.494 e. The van der Waals surface area contributed by atoms with E-state index < -0.39 is 0 Å². The molecule has 0 saturated heterocycles. The van der Waals surface area contributed by atoms with Crippen molar-refractivity contribution in [1.82, 2.24) is 0 Å². The molecule has 0 atom stereocenters. The summed E-state index contributed by atoms with van der Waals surface area (Å²) in [6, 6.07) is 8.76. The van der Waals surface area contributed by atoms with E-state index in [-0.39, 0.29) is 0 Å². The molecule has 1 aliphatic carbocycles. The van der Waals surface area contributed by atoms with Crippen LogP contribution in [-0.2, 0) is 6.42 Å². The maximum absolute atomic E-state index is 5.87. The summed E-state index contributed by atoms with van der Waals surface area (Å²) in [5.41, 5.74) is 1.42. The number of ether oxygens (including phenoxy) is 1. The number of unbranched alkanes of at least 4 members (excludes halogenated alkanes) is 6. The third-order valence-electron chi connectivity index (χ3n) is 6.56. The van der Waals surface area contributed by atoms with E-state index in [1.807, 2.05) is 0 Å². The molecule has 0 heterocycles. The molecule has 1 aromatic rings. The summed E-state index contributed by atoms with van der Waals surface area (Å²) in [6.07, 6.45) is 25.1. The van der Waals surface area contributed by atoms with Crippen molar-refractivity contribution in [3.05, 3.63) is 42.0 Å². The standard InChI is InChI=1S/C28H46O/c1-3-5-7-8-12-24-29-28-22-20-27(21-23-28)15-11-10-14-26-18-16-25(17-19-26)13-9-6-4-2/h10,14,20-23,25-26H,3-9,11-13,15-19,24H2,1-2H3/b14-10+. The normalized spacial score (nSPS) is 19.7. The monoisotopic (exact) mass is 398 g/mol. The lowest BCUT2D eigenvalue weighted by Gasteiger charge is -2.26. The average Bonchev–Trinajstić information content (AvgIpc) is 2.76. The maximum atomic E-state index is 5.87. The van der Waals surface area contributed by atoms with Crippen LogP contribution < -0.4 is 4.74 Å². The fourth-order valence-electron chi connectivity index (χ4n) is 4.54. The summed E-state index contributed by atoms with van der Waals surface area (Å²) >= 11 is 0. The van der Waals surface area contributed by atoms with Gasteiger partial charge in [-0.25, -0.2) is 0 Å². The van der Waals surface area contributed by atoms with Crippen molar-refractivity contribution < 1.29 is 4.74 Å². The highest BCUT2D eigenvalue weighted by Crippen LogP contribution is 2.32. The Bertz CT molecular complexity index is 522. The molecule has 0 aromatic heterocycles. The van der Waals surface area contributed by atoms with Gasteiger partial charge in [0.15, 0.2) is 0 Å². The van der Waals surface area contributed by atoms with Crippen LogP contribution in [0.15, 0.2) is 36.4 Å². The molecule has 164 valence electrons. The third-order valence-corrected chi connectivity index (χ3v) is 6.56. The highest BCUT2D eigenvalue weighted by molar-refractivity contribution is 5.27. The van der Waals surface area contributed by atoms with E-state index in [4.69, 9.17) is 4.74 Å². The van der Waals surface area contributed by atoms with E-state index in [1.54, 1.807) is 0 Å². The number of hydrogen-bond acceptors (Lipinski definition) is 1. The highest BCUT2D eigenvalue weighted by Gasteiger charge is 2.18. The Labute approximate surface area is 181 Å². The van der Waals surface area contributed by atoms with Crippen LogP contribution in [0.4, 0.5) is 0 Å². The molecule has 1 fully saturated rings. The Morgan fingerprint density at radius 3 is 2.24 bits per heavy atom. The van der Waals surface area contributed by atoms with Crippen LogP contribution in [0.3, 0.4) is 0 Å². The van der Waals surface area contributed by atoms with Gasteiger partial charge in [0, 0.05) is 0 Å². The minimum Gasteiger partial charge on any atom is -0.494 e. The van der Waals surface area contributed by atoms with E-state index in [2.05, 4.69) is 50.3 Å². The Hall–Kier alpha value is -1.24. The van der Waals surface area contributed by atoms with Gasteiger partial charge in [-0.15, -0.1) is 0 Å². The summed E-state index contributed by atoms with van der Waals surface area (Å²) in [7, 11) is 0. The fraction of sp³-hybridized carbons (Fsp3) is 0.714. The van der Waals surface area contributed by atoms with Crippen molar-refractivity contribution >= 4 is 0 Å². The van der Waals surface area contributed by atoms with E-state index in [9.17, 15) is 0 Å². The van der Waals surface area contributed by atoms with Crippen LogP contribution in [0, 0.1) is 11.8 Å². The molecule has 0 unspecified atom stereocenters. The molecule has 1 aromatic carbocycles. The molecule has 1 heteroatoms. The molecule has 1 nitrogen and oxygen atoms in total. The lowest BCUT2D eigenvalue weighted by Crippen LogP contribution is -2.13. The van der Waals surface area contributed by atoms with Crippen LogP contribution in [0.1, 0.15) is 109 Å². The number of aryl methyl sites for hydroxylation is 1. The predicted molar refractivity (Wildman–Crippen MR) is 128 cm³/mol. The van der Waals surface area contributed by atoms with Gasteiger partial charge in [0.05, 0.1) is 6.61 Å². The smallest absolute Gasteiger partial charge is 0.119 e. The molecule has 0 radical (unpaired) electrons. The van der Waals surface area contributed by atoms with Crippen molar-refractivity contribution in [2.45, 2.75) is 110 Å².